The van der Waals surface area contributed by atoms with Gasteiger partial charge in [0.05, 0.1) is 17.3 Å². The zero-order valence-corrected chi connectivity index (χ0v) is 9.80. The van der Waals surface area contributed by atoms with Crippen molar-refractivity contribution in [2.75, 3.05) is 0 Å². The van der Waals surface area contributed by atoms with E-state index in [1.54, 1.807) is 36.4 Å². The summed E-state index contributed by atoms with van der Waals surface area (Å²) in [6.45, 7) is 0.0297. The Hall–Kier alpha value is -1.71. The van der Waals surface area contributed by atoms with E-state index < -0.39 is 0 Å². The molecule has 0 unspecified atom stereocenters. The Bertz CT molecular complexity index is 523. The lowest BCUT2D eigenvalue weighted by molar-refractivity contribution is 0.282. The molecule has 2 aromatic rings. The van der Waals surface area contributed by atoms with E-state index in [9.17, 15) is 0 Å². The van der Waals surface area contributed by atoms with E-state index in [4.69, 9.17) is 16.7 Å². The highest BCUT2D eigenvalue weighted by atomic mass is 35.5. The number of rotatable bonds is 3. The van der Waals surface area contributed by atoms with Crippen LogP contribution in [0.3, 0.4) is 0 Å². The van der Waals surface area contributed by atoms with Crippen LogP contribution in [0.5, 0.6) is 0 Å². The Labute approximate surface area is 104 Å². The maximum Gasteiger partial charge on any atom is 0.104 e. The van der Waals surface area contributed by atoms with E-state index in [0.29, 0.717) is 10.7 Å². The van der Waals surface area contributed by atoms with Gasteiger partial charge in [-0.15, -0.1) is 5.11 Å². The summed E-state index contributed by atoms with van der Waals surface area (Å²) >= 11 is 5.95. The van der Waals surface area contributed by atoms with Crippen molar-refractivity contribution in [3.8, 4) is 0 Å². The number of nitrogens with zero attached hydrogens (tertiary/aromatic N) is 2. The van der Waals surface area contributed by atoms with Gasteiger partial charge in [-0.2, -0.15) is 5.11 Å². The number of hydrogen-bond donors (Lipinski definition) is 1. The van der Waals surface area contributed by atoms with E-state index >= 15 is 0 Å². The molecule has 0 aliphatic heterocycles. The quantitative estimate of drug-likeness (QED) is 0.809. The smallest absolute Gasteiger partial charge is 0.104 e. The molecule has 1 N–H and O–H groups in total. The highest BCUT2D eigenvalue weighted by Gasteiger charge is 1.96. The number of azo groups is 1. The molecule has 0 aromatic heterocycles. The second kappa shape index (κ2) is 5.57. The van der Waals surface area contributed by atoms with Crippen molar-refractivity contribution in [2.45, 2.75) is 6.61 Å². The third kappa shape index (κ3) is 3.12. The van der Waals surface area contributed by atoms with Crippen molar-refractivity contribution in [1.82, 2.24) is 0 Å². The lowest BCUT2D eigenvalue weighted by Crippen LogP contribution is -1.79. The van der Waals surface area contributed by atoms with Crippen LogP contribution < -0.4 is 0 Å². The summed E-state index contributed by atoms with van der Waals surface area (Å²) in [5.74, 6) is 0. The van der Waals surface area contributed by atoms with Crippen LogP contribution in [0.4, 0.5) is 11.4 Å². The minimum absolute atomic E-state index is 0.0297. The van der Waals surface area contributed by atoms with Crippen LogP contribution >= 0.6 is 11.6 Å². The summed E-state index contributed by atoms with van der Waals surface area (Å²) in [5, 5.41) is 17.6. The molecule has 0 heterocycles. The Kier molecular flexibility index (Phi) is 3.85. The zero-order chi connectivity index (χ0) is 12.1. The number of aliphatic hydroxyl groups is 1. The number of benzene rings is 2. The van der Waals surface area contributed by atoms with Gasteiger partial charge in [0.25, 0.3) is 0 Å². The summed E-state index contributed by atoms with van der Waals surface area (Å²) in [6.07, 6.45) is 0. The molecule has 2 rings (SSSR count). The van der Waals surface area contributed by atoms with Crippen LogP contribution in [-0.4, -0.2) is 5.11 Å². The normalized spacial score (nSPS) is 10.9. The van der Waals surface area contributed by atoms with Gasteiger partial charge in [-0.1, -0.05) is 35.9 Å². The van der Waals surface area contributed by atoms with E-state index in [1.165, 1.54) is 0 Å². The zero-order valence-electron chi connectivity index (χ0n) is 9.05. The van der Waals surface area contributed by atoms with Gasteiger partial charge < -0.3 is 5.11 Å². The van der Waals surface area contributed by atoms with Gasteiger partial charge in [-0.25, -0.2) is 0 Å². The SMILES string of the molecule is OCc1ccc(N=Nc2ccccc2Cl)cc1. The lowest BCUT2D eigenvalue weighted by atomic mass is 10.2. The van der Waals surface area contributed by atoms with Crippen molar-refractivity contribution in [1.29, 1.82) is 0 Å². The van der Waals surface area contributed by atoms with E-state index in [1.807, 2.05) is 12.1 Å². The monoisotopic (exact) mass is 246 g/mol. The predicted octanol–water partition coefficient (Wildman–Crippen LogP) is 4.25. The number of halogens is 1. The maximum atomic E-state index is 8.90. The minimum atomic E-state index is 0.0297. The van der Waals surface area contributed by atoms with Gasteiger partial charge in [0.15, 0.2) is 0 Å². The van der Waals surface area contributed by atoms with E-state index in [-0.39, 0.29) is 6.61 Å². The fourth-order valence-corrected chi connectivity index (χ4v) is 1.49. The van der Waals surface area contributed by atoms with Gasteiger partial charge in [-0.3, -0.25) is 0 Å². The number of aliphatic hydroxyl groups excluding tert-OH is 1. The molecule has 0 bridgehead atoms. The molecule has 0 spiro atoms. The van der Waals surface area contributed by atoms with Gasteiger partial charge in [-0.05, 0) is 29.8 Å². The fraction of sp³-hybridized carbons (Fsp3) is 0.0769. The molecule has 0 amide bonds. The third-order valence-corrected chi connectivity index (χ3v) is 2.56. The third-order valence-electron chi connectivity index (χ3n) is 2.24. The molecule has 4 heteroatoms. The average Bonchev–Trinajstić information content (AvgIpc) is 2.38. The Balaban J connectivity index is 2.17. The van der Waals surface area contributed by atoms with Crippen molar-refractivity contribution in [3.05, 3.63) is 59.1 Å². The first-order valence-electron chi connectivity index (χ1n) is 5.15. The average molecular weight is 247 g/mol. The van der Waals surface area contributed by atoms with Crippen LogP contribution in [0.15, 0.2) is 58.8 Å². The summed E-state index contributed by atoms with van der Waals surface area (Å²) in [4.78, 5) is 0. The molecule has 0 atom stereocenters. The second-order valence-corrected chi connectivity index (χ2v) is 3.88. The molecule has 2 aromatic carbocycles. The van der Waals surface area contributed by atoms with Crippen molar-refractivity contribution in [3.63, 3.8) is 0 Å². The molecular formula is C13H11ClN2O. The highest BCUT2D eigenvalue weighted by molar-refractivity contribution is 6.32. The molecular weight excluding hydrogens is 236 g/mol. The summed E-state index contributed by atoms with van der Waals surface area (Å²) in [5.41, 5.74) is 2.21. The molecule has 86 valence electrons. The van der Waals surface area contributed by atoms with Gasteiger partial charge in [0, 0.05) is 0 Å². The molecule has 0 saturated heterocycles. The first kappa shape index (κ1) is 11.8. The molecule has 0 fully saturated rings. The number of hydrogen-bond acceptors (Lipinski definition) is 3. The summed E-state index contributed by atoms with van der Waals surface area (Å²) < 4.78 is 0. The Morgan fingerprint density at radius 2 is 1.65 bits per heavy atom. The predicted molar refractivity (Wildman–Crippen MR) is 68.0 cm³/mol. The van der Waals surface area contributed by atoms with Gasteiger partial charge in [0.2, 0.25) is 0 Å². The van der Waals surface area contributed by atoms with Crippen molar-refractivity contribution in [2.24, 2.45) is 10.2 Å². The van der Waals surface area contributed by atoms with Gasteiger partial charge >= 0.3 is 0 Å². The Morgan fingerprint density at radius 1 is 0.941 bits per heavy atom. The first-order valence-corrected chi connectivity index (χ1v) is 5.53. The molecule has 0 aliphatic carbocycles. The molecule has 0 aliphatic rings. The topological polar surface area (TPSA) is 45.0 Å². The lowest BCUT2D eigenvalue weighted by Gasteiger charge is -1.97. The van der Waals surface area contributed by atoms with Crippen LogP contribution in [0.25, 0.3) is 0 Å². The standard InChI is InChI=1S/C13H11ClN2O/c14-12-3-1-2-4-13(12)16-15-11-7-5-10(9-17)6-8-11/h1-8,17H,9H2. The van der Waals surface area contributed by atoms with Crippen LogP contribution in [-0.2, 0) is 6.61 Å². The summed E-state index contributed by atoms with van der Waals surface area (Å²) in [6, 6.07) is 14.5. The van der Waals surface area contributed by atoms with Crippen LogP contribution in [0.2, 0.25) is 5.02 Å². The molecule has 0 saturated carbocycles. The molecule has 3 nitrogen and oxygen atoms in total. The highest BCUT2D eigenvalue weighted by Crippen LogP contribution is 2.26. The largest absolute Gasteiger partial charge is 0.392 e. The maximum absolute atomic E-state index is 8.90. The van der Waals surface area contributed by atoms with E-state index in [2.05, 4.69) is 10.2 Å². The Morgan fingerprint density at radius 3 is 2.29 bits per heavy atom. The second-order valence-electron chi connectivity index (χ2n) is 3.48. The fourth-order valence-electron chi connectivity index (χ4n) is 1.31. The molecule has 17 heavy (non-hydrogen) atoms. The van der Waals surface area contributed by atoms with Crippen molar-refractivity contribution < 1.29 is 5.11 Å². The van der Waals surface area contributed by atoms with E-state index in [0.717, 1.165) is 11.3 Å². The van der Waals surface area contributed by atoms with Gasteiger partial charge in [0.1, 0.15) is 5.69 Å². The summed E-state index contributed by atoms with van der Waals surface area (Å²) in [7, 11) is 0. The molecule has 0 radical (unpaired) electrons. The van der Waals surface area contributed by atoms with Crippen LogP contribution in [0.1, 0.15) is 5.56 Å². The van der Waals surface area contributed by atoms with Crippen molar-refractivity contribution >= 4 is 23.0 Å². The van der Waals surface area contributed by atoms with Crippen LogP contribution in [0, 0.1) is 0 Å². The minimum Gasteiger partial charge on any atom is -0.392 e. The first-order chi connectivity index (χ1) is 8.29.